The summed E-state index contributed by atoms with van der Waals surface area (Å²) in [5, 5.41) is 8.14. The minimum atomic E-state index is -0.349. The molecule has 0 atom stereocenters. The van der Waals surface area contributed by atoms with Crippen LogP contribution < -0.4 is 16.0 Å². The van der Waals surface area contributed by atoms with E-state index in [1.165, 1.54) is 25.0 Å². The molecule has 0 heterocycles. The smallest absolute Gasteiger partial charge is 0.255 e. The molecule has 3 aromatic carbocycles. The summed E-state index contributed by atoms with van der Waals surface area (Å²) >= 11 is 1.66. The van der Waals surface area contributed by atoms with Gasteiger partial charge in [-0.1, -0.05) is 17.8 Å². The van der Waals surface area contributed by atoms with Gasteiger partial charge in [0.15, 0.2) is 0 Å². The zero-order chi connectivity index (χ0) is 23.3. The van der Waals surface area contributed by atoms with Crippen molar-refractivity contribution < 1.29 is 14.4 Å². The van der Waals surface area contributed by atoms with Crippen molar-refractivity contribution in [1.82, 2.24) is 0 Å². The Bertz CT molecular complexity index is 1140. The molecule has 0 bridgehead atoms. The van der Waals surface area contributed by atoms with Crippen LogP contribution in [0, 0.1) is 13.8 Å². The molecule has 0 aliphatic heterocycles. The van der Waals surface area contributed by atoms with Crippen LogP contribution in [0.4, 0.5) is 17.1 Å². The number of amides is 3. The molecule has 0 saturated heterocycles. The van der Waals surface area contributed by atoms with Crippen LogP contribution >= 0.6 is 11.8 Å². The molecule has 0 spiro atoms. The van der Waals surface area contributed by atoms with Gasteiger partial charge in [0.05, 0.1) is 0 Å². The quantitative estimate of drug-likeness (QED) is 0.457. The van der Waals surface area contributed by atoms with Crippen molar-refractivity contribution in [3.8, 4) is 0 Å². The summed E-state index contributed by atoms with van der Waals surface area (Å²) in [4.78, 5) is 37.8. The lowest BCUT2D eigenvalue weighted by Gasteiger charge is -2.11. The van der Waals surface area contributed by atoms with Crippen LogP contribution in [0.2, 0.25) is 0 Å². The van der Waals surface area contributed by atoms with E-state index in [2.05, 4.69) is 48.0 Å². The molecule has 164 valence electrons. The largest absolute Gasteiger partial charge is 0.326 e. The summed E-state index contributed by atoms with van der Waals surface area (Å²) < 4.78 is 0. The first-order valence-corrected chi connectivity index (χ1v) is 10.9. The first-order valence-electron chi connectivity index (χ1n) is 10.1. The Balaban J connectivity index is 1.73. The van der Waals surface area contributed by atoms with Crippen molar-refractivity contribution in [3.63, 3.8) is 0 Å². The highest BCUT2D eigenvalue weighted by Crippen LogP contribution is 2.30. The minimum Gasteiger partial charge on any atom is -0.326 e. The first-order chi connectivity index (χ1) is 15.2. The molecule has 0 aromatic heterocycles. The molecule has 32 heavy (non-hydrogen) atoms. The van der Waals surface area contributed by atoms with Gasteiger partial charge in [-0.15, -0.1) is 0 Å². The average molecular weight is 448 g/mol. The highest BCUT2D eigenvalue weighted by molar-refractivity contribution is 7.99. The number of nitrogens with one attached hydrogen (secondary N) is 3. The summed E-state index contributed by atoms with van der Waals surface area (Å²) in [6.07, 6.45) is 0. The molecular formula is C25H25N3O3S. The Kier molecular flexibility index (Phi) is 7.33. The number of rotatable bonds is 6. The molecule has 3 rings (SSSR count). The van der Waals surface area contributed by atoms with E-state index in [1.807, 2.05) is 24.3 Å². The van der Waals surface area contributed by atoms with Crippen molar-refractivity contribution in [2.45, 2.75) is 37.5 Å². The van der Waals surface area contributed by atoms with Crippen LogP contribution in [-0.2, 0) is 9.59 Å². The molecule has 0 aliphatic carbocycles. The average Bonchev–Trinajstić information content (AvgIpc) is 2.71. The van der Waals surface area contributed by atoms with E-state index < -0.39 is 0 Å². The number of hydrogen-bond acceptors (Lipinski definition) is 4. The van der Waals surface area contributed by atoms with Gasteiger partial charge < -0.3 is 16.0 Å². The summed E-state index contributed by atoms with van der Waals surface area (Å²) in [5.74, 6) is -0.889. The maximum absolute atomic E-state index is 12.8. The van der Waals surface area contributed by atoms with Gasteiger partial charge >= 0.3 is 0 Å². The SMILES string of the molecule is CC(=O)Nc1cc(NC(C)=O)cc(C(=O)Nc2ccc(Sc3ccc(C)c(C)c3)cc2)c1. The second-order valence-corrected chi connectivity index (χ2v) is 8.63. The third-order valence-electron chi connectivity index (χ3n) is 4.66. The highest BCUT2D eigenvalue weighted by Gasteiger charge is 2.11. The number of benzene rings is 3. The molecular weight excluding hydrogens is 422 g/mol. The fourth-order valence-electron chi connectivity index (χ4n) is 3.03. The van der Waals surface area contributed by atoms with Crippen LogP contribution in [0.25, 0.3) is 0 Å². The number of anilines is 3. The lowest BCUT2D eigenvalue weighted by Crippen LogP contribution is -2.15. The van der Waals surface area contributed by atoms with E-state index in [4.69, 9.17) is 0 Å². The predicted octanol–water partition coefficient (Wildman–Crippen LogP) is 5.62. The van der Waals surface area contributed by atoms with Gasteiger partial charge in [-0.05, 0) is 79.6 Å². The fourth-order valence-corrected chi connectivity index (χ4v) is 3.95. The van der Waals surface area contributed by atoms with Crippen LogP contribution in [0.15, 0.2) is 70.5 Å². The van der Waals surface area contributed by atoms with E-state index in [1.54, 1.807) is 30.0 Å². The third-order valence-corrected chi connectivity index (χ3v) is 5.66. The molecule has 0 unspecified atom stereocenters. The number of carbonyl (C=O) groups is 3. The van der Waals surface area contributed by atoms with Gasteiger partial charge in [0.1, 0.15) is 0 Å². The molecule has 3 N–H and O–H groups in total. The second kappa shape index (κ2) is 10.2. The first kappa shape index (κ1) is 23.1. The Labute approximate surface area is 191 Å². The summed E-state index contributed by atoms with van der Waals surface area (Å²) in [7, 11) is 0. The van der Waals surface area contributed by atoms with E-state index in [-0.39, 0.29) is 17.7 Å². The Morgan fingerprint density at radius 3 is 1.72 bits per heavy atom. The monoisotopic (exact) mass is 447 g/mol. The molecule has 3 amide bonds. The standard InChI is InChI=1S/C25H25N3O3S/c1-15-5-8-24(11-16(15)2)32-23-9-6-20(7-10-23)28-25(31)19-12-21(26-17(3)29)14-22(13-19)27-18(4)30/h5-14H,1-4H3,(H,26,29)(H,27,30)(H,28,31). The summed E-state index contributed by atoms with van der Waals surface area (Å²) in [6, 6.07) is 18.7. The van der Waals surface area contributed by atoms with E-state index in [9.17, 15) is 14.4 Å². The predicted molar refractivity (Wildman–Crippen MR) is 129 cm³/mol. The van der Waals surface area contributed by atoms with E-state index >= 15 is 0 Å². The topological polar surface area (TPSA) is 87.3 Å². The van der Waals surface area contributed by atoms with Crippen molar-refractivity contribution in [3.05, 3.63) is 77.4 Å². The van der Waals surface area contributed by atoms with Gasteiger partial charge in [-0.2, -0.15) is 0 Å². The number of carbonyl (C=O) groups excluding carboxylic acids is 3. The maximum atomic E-state index is 12.8. The lowest BCUT2D eigenvalue weighted by molar-refractivity contribution is -0.115. The molecule has 0 radical (unpaired) electrons. The van der Waals surface area contributed by atoms with Crippen molar-refractivity contribution in [2.75, 3.05) is 16.0 Å². The maximum Gasteiger partial charge on any atom is 0.255 e. The zero-order valence-corrected chi connectivity index (χ0v) is 19.2. The van der Waals surface area contributed by atoms with Crippen molar-refractivity contribution in [2.24, 2.45) is 0 Å². The number of aryl methyl sites for hydroxylation is 2. The Morgan fingerprint density at radius 1 is 0.625 bits per heavy atom. The van der Waals surface area contributed by atoms with E-state index in [0.717, 1.165) is 9.79 Å². The van der Waals surface area contributed by atoms with Crippen LogP contribution in [0.5, 0.6) is 0 Å². The lowest BCUT2D eigenvalue weighted by atomic mass is 10.1. The van der Waals surface area contributed by atoms with Gasteiger partial charge in [-0.3, -0.25) is 14.4 Å². The van der Waals surface area contributed by atoms with Gasteiger partial charge in [0, 0.05) is 46.3 Å². The zero-order valence-electron chi connectivity index (χ0n) is 18.4. The summed E-state index contributed by atoms with van der Waals surface area (Å²) in [5.41, 5.74) is 4.32. The fraction of sp³-hybridized carbons (Fsp3) is 0.160. The highest BCUT2D eigenvalue weighted by atomic mass is 32.2. The van der Waals surface area contributed by atoms with Crippen LogP contribution in [-0.4, -0.2) is 17.7 Å². The van der Waals surface area contributed by atoms with Crippen molar-refractivity contribution >= 4 is 46.5 Å². The van der Waals surface area contributed by atoms with E-state index in [0.29, 0.717) is 22.6 Å². The molecule has 7 heteroatoms. The Morgan fingerprint density at radius 2 is 1.19 bits per heavy atom. The van der Waals surface area contributed by atoms with Gasteiger partial charge in [0.25, 0.3) is 5.91 Å². The van der Waals surface area contributed by atoms with Crippen LogP contribution in [0.3, 0.4) is 0 Å². The molecule has 0 aliphatic rings. The normalized spacial score (nSPS) is 10.4. The van der Waals surface area contributed by atoms with Crippen LogP contribution in [0.1, 0.15) is 35.3 Å². The molecule has 3 aromatic rings. The van der Waals surface area contributed by atoms with Crippen molar-refractivity contribution in [1.29, 1.82) is 0 Å². The van der Waals surface area contributed by atoms with Gasteiger partial charge in [-0.25, -0.2) is 0 Å². The molecule has 0 saturated carbocycles. The molecule has 0 fully saturated rings. The Hall–Kier alpha value is -3.58. The molecule has 6 nitrogen and oxygen atoms in total. The minimum absolute atomic E-state index is 0.270. The summed E-state index contributed by atoms with van der Waals surface area (Å²) in [6.45, 7) is 6.94. The number of hydrogen-bond donors (Lipinski definition) is 3. The third kappa shape index (κ3) is 6.46. The van der Waals surface area contributed by atoms with Gasteiger partial charge in [0.2, 0.25) is 11.8 Å². The second-order valence-electron chi connectivity index (χ2n) is 7.49.